The molecule has 0 bridgehead atoms. The Hall–Kier alpha value is -0.410. The summed E-state index contributed by atoms with van der Waals surface area (Å²) in [6.07, 6.45) is 5.71. The quantitative estimate of drug-likeness (QED) is 0.621. The third-order valence-corrected chi connectivity index (χ3v) is 3.42. The SMILES string of the molecule is CCCCN(CCCC)CC(=O)C1CCOC1. The second-order valence-electron chi connectivity index (χ2n) is 5.01. The van der Waals surface area contributed by atoms with Gasteiger partial charge in [-0.2, -0.15) is 0 Å². The first-order chi connectivity index (χ1) is 8.27. The molecule has 17 heavy (non-hydrogen) atoms. The van der Waals surface area contributed by atoms with Gasteiger partial charge in [0.15, 0.2) is 5.78 Å². The summed E-state index contributed by atoms with van der Waals surface area (Å²) in [5.41, 5.74) is 0. The minimum absolute atomic E-state index is 0.167. The van der Waals surface area contributed by atoms with Crippen LogP contribution in [0.3, 0.4) is 0 Å². The predicted molar refractivity (Wildman–Crippen MR) is 70.2 cm³/mol. The van der Waals surface area contributed by atoms with Crippen LogP contribution in [-0.2, 0) is 9.53 Å². The van der Waals surface area contributed by atoms with Gasteiger partial charge in [0.2, 0.25) is 0 Å². The lowest BCUT2D eigenvalue weighted by Crippen LogP contribution is -2.35. The van der Waals surface area contributed by atoms with Gasteiger partial charge in [-0.25, -0.2) is 0 Å². The lowest BCUT2D eigenvalue weighted by molar-refractivity contribution is -0.124. The van der Waals surface area contributed by atoms with Crippen molar-refractivity contribution in [2.75, 3.05) is 32.8 Å². The summed E-state index contributed by atoms with van der Waals surface area (Å²) in [6, 6.07) is 0. The average molecular weight is 241 g/mol. The van der Waals surface area contributed by atoms with Crippen LogP contribution < -0.4 is 0 Å². The molecule has 1 unspecified atom stereocenters. The lowest BCUT2D eigenvalue weighted by atomic mass is 10.0. The number of hydrogen-bond acceptors (Lipinski definition) is 3. The lowest BCUT2D eigenvalue weighted by Gasteiger charge is -2.22. The van der Waals surface area contributed by atoms with E-state index in [9.17, 15) is 4.79 Å². The minimum atomic E-state index is 0.167. The molecule has 1 aliphatic rings. The van der Waals surface area contributed by atoms with Crippen LogP contribution in [0.2, 0.25) is 0 Å². The van der Waals surface area contributed by atoms with Crippen LogP contribution in [0, 0.1) is 5.92 Å². The molecule has 1 aliphatic heterocycles. The monoisotopic (exact) mass is 241 g/mol. The van der Waals surface area contributed by atoms with Crippen molar-refractivity contribution in [3.05, 3.63) is 0 Å². The second-order valence-corrected chi connectivity index (χ2v) is 5.01. The Labute approximate surface area is 106 Å². The van der Waals surface area contributed by atoms with Crippen molar-refractivity contribution in [3.8, 4) is 0 Å². The highest BCUT2D eigenvalue weighted by atomic mass is 16.5. The maximum absolute atomic E-state index is 12.1. The standard InChI is InChI=1S/C14H27NO2/c1-3-5-8-15(9-6-4-2)11-14(16)13-7-10-17-12-13/h13H,3-12H2,1-2H3. The molecule has 0 N–H and O–H groups in total. The molecule has 0 aromatic heterocycles. The maximum Gasteiger partial charge on any atom is 0.152 e. The normalized spacial score (nSPS) is 20.1. The molecule has 0 aliphatic carbocycles. The number of rotatable bonds is 9. The highest BCUT2D eigenvalue weighted by Gasteiger charge is 2.24. The molecule has 0 saturated carbocycles. The Morgan fingerprint density at radius 2 is 1.88 bits per heavy atom. The average Bonchev–Trinajstić information content (AvgIpc) is 2.86. The molecule has 1 fully saturated rings. The van der Waals surface area contributed by atoms with Gasteiger partial charge in [0.1, 0.15) is 0 Å². The van der Waals surface area contributed by atoms with Crippen LogP contribution in [-0.4, -0.2) is 43.5 Å². The first-order valence-corrected chi connectivity index (χ1v) is 7.10. The number of carbonyl (C=O) groups is 1. The van der Waals surface area contributed by atoms with E-state index in [0.717, 1.165) is 26.1 Å². The first kappa shape index (κ1) is 14.7. The van der Waals surface area contributed by atoms with Crippen molar-refractivity contribution in [1.82, 2.24) is 4.90 Å². The summed E-state index contributed by atoms with van der Waals surface area (Å²) >= 11 is 0. The van der Waals surface area contributed by atoms with E-state index in [1.165, 1.54) is 25.7 Å². The van der Waals surface area contributed by atoms with Crippen LogP contribution >= 0.6 is 0 Å². The molecule has 1 saturated heterocycles. The zero-order chi connectivity index (χ0) is 12.5. The summed E-state index contributed by atoms with van der Waals surface area (Å²) in [5.74, 6) is 0.551. The fourth-order valence-electron chi connectivity index (χ4n) is 2.17. The third-order valence-electron chi connectivity index (χ3n) is 3.42. The van der Waals surface area contributed by atoms with E-state index in [1.807, 2.05) is 0 Å². The molecule has 0 spiro atoms. The number of ketones is 1. The van der Waals surface area contributed by atoms with Crippen LogP contribution in [0.5, 0.6) is 0 Å². The fraction of sp³-hybridized carbons (Fsp3) is 0.929. The molecule has 0 aromatic rings. The summed E-state index contributed by atoms with van der Waals surface area (Å²) in [6.45, 7) is 8.57. The highest BCUT2D eigenvalue weighted by Crippen LogP contribution is 2.14. The molecule has 0 amide bonds. The zero-order valence-electron chi connectivity index (χ0n) is 11.4. The number of nitrogens with zero attached hydrogens (tertiary/aromatic N) is 1. The third kappa shape index (κ3) is 5.64. The van der Waals surface area contributed by atoms with Gasteiger partial charge < -0.3 is 4.74 Å². The molecular weight excluding hydrogens is 214 g/mol. The van der Waals surface area contributed by atoms with Gasteiger partial charge in [0, 0.05) is 12.5 Å². The van der Waals surface area contributed by atoms with Crippen molar-refractivity contribution in [2.45, 2.75) is 46.0 Å². The number of ether oxygens (including phenoxy) is 1. The zero-order valence-corrected chi connectivity index (χ0v) is 11.4. The molecule has 1 heterocycles. The largest absolute Gasteiger partial charge is 0.381 e. The Bertz CT molecular complexity index is 204. The number of hydrogen-bond donors (Lipinski definition) is 0. The summed E-state index contributed by atoms with van der Waals surface area (Å²) in [5, 5.41) is 0. The Balaban J connectivity index is 2.31. The van der Waals surface area contributed by atoms with Gasteiger partial charge in [-0.05, 0) is 32.4 Å². The summed E-state index contributed by atoms with van der Waals surface area (Å²) < 4.78 is 5.28. The van der Waals surface area contributed by atoms with E-state index in [-0.39, 0.29) is 5.92 Å². The Morgan fingerprint density at radius 3 is 2.35 bits per heavy atom. The van der Waals surface area contributed by atoms with Gasteiger partial charge in [-0.3, -0.25) is 9.69 Å². The van der Waals surface area contributed by atoms with E-state index in [4.69, 9.17) is 4.74 Å². The maximum atomic E-state index is 12.1. The molecule has 0 radical (unpaired) electrons. The second kappa shape index (κ2) is 8.65. The van der Waals surface area contributed by atoms with Gasteiger partial charge in [0.05, 0.1) is 13.2 Å². The van der Waals surface area contributed by atoms with Gasteiger partial charge in [0.25, 0.3) is 0 Å². The van der Waals surface area contributed by atoms with Crippen molar-refractivity contribution >= 4 is 5.78 Å². The van der Waals surface area contributed by atoms with Gasteiger partial charge in [-0.1, -0.05) is 26.7 Å². The minimum Gasteiger partial charge on any atom is -0.381 e. The fourth-order valence-corrected chi connectivity index (χ4v) is 2.17. The van der Waals surface area contributed by atoms with E-state index in [1.54, 1.807) is 0 Å². The van der Waals surface area contributed by atoms with Crippen LogP contribution in [0.4, 0.5) is 0 Å². The molecule has 0 aromatic carbocycles. The van der Waals surface area contributed by atoms with E-state index in [2.05, 4.69) is 18.7 Å². The highest BCUT2D eigenvalue weighted by molar-refractivity contribution is 5.83. The van der Waals surface area contributed by atoms with E-state index >= 15 is 0 Å². The van der Waals surface area contributed by atoms with Crippen molar-refractivity contribution in [3.63, 3.8) is 0 Å². The first-order valence-electron chi connectivity index (χ1n) is 7.10. The molecule has 1 rings (SSSR count). The Kier molecular flexibility index (Phi) is 7.45. The van der Waals surface area contributed by atoms with Crippen LogP contribution in [0.25, 0.3) is 0 Å². The molecule has 3 heteroatoms. The molecule has 1 atom stereocenters. The molecule has 100 valence electrons. The topological polar surface area (TPSA) is 29.5 Å². The number of unbranched alkanes of at least 4 members (excludes halogenated alkanes) is 2. The van der Waals surface area contributed by atoms with Crippen molar-refractivity contribution < 1.29 is 9.53 Å². The van der Waals surface area contributed by atoms with Gasteiger partial charge in [-0.15, -0.1) is 0 Å². The number of Topliss-reactive ketones (excluding diaryl/α,β-unsaturated/α-hetero) is 1. The van der Waals surface area contributed by atoms with E-state index in [0.29, 0.717) is 18.9 Å². The van der Waals surface area contributed by atoms with Gasteiger partial charge >= 0.3 is 0 Å². The van der Waals surface area contributed by atoms with Crippen LogP contribution in [0.1, 0.15) is 46.0 Å². The molecular formula is C14H27NO2. The Morgan fingerprint density at radius 1 is 1.24 bits per heavy atom. The van der Waals surface area contributed by atoms with Crippen molar-refractivity contribution in [1.29, 1.82) is 0 Å². The van der Waals surface area contributed by atoms with Crippen LogP contribution in [0.15, 0.2) is 0 Å². The summed E-state index contributed by atoms with van der Waals surface area (Å²) in [4.78, 5) is 14.4. The smallest absolute Gasteiger partial charge is 0.152 e. The van der Waals surface area contributed by atoms with E-state index < -0.39 is 0 Å². The van der Waals surface area contributed by atoms with Crippen molar-refractivity contribution in [2.24, 2.45) is 5.92 Å². The molecule has 3 nitrogen and oxygen atoms in total. The predicted octanol–water partition coefficient (Wildman–Crippen LogP) is 2.49. The number of carbonyl (C=O) groups excluding carboxylic acids is 1. The summed E-state index contributed by atoms with van der Waals surface area (Å²) in [7, 11) is 0.